The van der Waals surface area contributed by atoms with Gasteiger partial charge in [0.2, 0.25) is 5.91 Å². The summed E-state index contributed by atoms with van der Waals surface area (Å²) in [6.45, 7) is 1.94. The van der Waals surface area contributed by atoms with Crippen molar-refractivity contribution in [1.82, 2.24) is 0 Å². The first kappa shape index (κ1) is 13.1. The van der Waals surface area contributed by atoms with Crippen LogP contribution in [0, 0.1) is 12.7 Å². The van der Waals surface area contributed by atoms with Gasteiger partial charge in [-0.1, -0.05) is 18.2 Å². The van der Waals surface area contributed by atoms with Crippen LogP contribution in [0.4, 0.5) is 4.39 Å². The van der Waals surface area contributed by atoms with Gasteiger partial charge in [0.25, 0.3) is 0 Å². The van der Waals surface area contributed by atoms with Crippen molar-refractivity contribution in [1.29, 1.82) is 0 Å². The molecule has 2 aromatic carbocycles. The Labute approximate surface area is 110 Å². The lowest BCUT2D eigenvalue weighted by molar-refractivity contribution is 0.1000. The number of carbonyl (C=O) groups excluding carboxylic acids is 1. The number of halogens is 1. The maximum absolute atomic E-state index is 13.3. The Balaban J connectivity index is 2.07. The lowest BCUT2D eigenvalue weighted by Crippen LogP contribution is -2.11. The molecule has 19 heavy (non-hydrogen) atoms. The second-order valence-electron chi connectivity index (χ2n) is 4.26. The van der Waals surface area contributed by atoms with Gasteiger partial charge in [0, 0.05) is 11.6 Å². The number of ether oxygens (including phenoxy) is 1. The molecule has 0 aliphatic rings. The molecule has 0 aliphatic carbocycles. The largest absolute Gasteiger partial charge is 0.489 e. The summed E-state index contributed by atoms with van der Waals surface area (Å²) in [6.07, 6.45) is 0. The highest BCUT2D eigenvalue weighted by Crippen LogP contribution is 2.17. The first-order chi connectivity index (χ1) is 9.06. The number of amides is 1. The second kappa shape index (κ2) is 5.52. The third-order valence-corrected chi connectivity index (χ3v) is 2.76. The lowest BCUT2D eigenvalue weighted by atomic mass is 10.1. The monoisotopic (exact) mass is 259 g/mol. The Morgan fingerprint density at radius 1 is 1.26 bits per heavy atom. The minimum atomic E-state index is -0.483. The zero-order valence-electron chi connectivity index (χ0n) is 10.5. The van der Waals surface area contributed by atoms with Crippen molar-refractivity contribution in [2.24, 2.45) is 5.73 Å². The van der Waals surface area contributed by atoms with Gasteiger partial charge in [0.05, 0.1) is 0 Å². The average molecular weight is 259 g/mol. The number of benzene rings is 2. The van der Waals surface area contributed by atoms with Crippen LogP contribution in [0.5, 0.6) is 5.75 Å². The van der Waals surface area contributed by atoms with Crippen LogP contribution in [-0.2, 0) is 6.61 Å². The van der Waals surface area contributed by atoms with Gasteiger partial charge in [0.15, 0.2) is 0 Å². The summed E-state index contributed by atoms with van der Waals surface area (Å²) in [5, 5.41) is 0. The quantitative estimate of drug-likeness (QED) is 0.917. The van der Waals surface area contributed by atoms with Gasteiger partial charge in [-0.15, -0.1) is 0 Å². The van der Waals surface area contributed by atoms with E-state index >= 15 is 0 Å². The van der Waals surface area contributed by atoms with E-state index in [2.05, 4.69) is 0 Å². The van der Waals surface area contributed by atoms with Crippen molar-refractivity contribution in [2.75, 3.05) is 0 Å². The van der Waals surface area contributed by atoms with Crippen molar-refractivity contribution in [3.05, 3.63) is 65.0 Å². The molecule has 0 fully saturated rings. The average Bonchev–Trinajstić information content (AvgIpc) is 2.40. The number of nitrogens with two attached hydrogens (primary N) is 1. The molecule has 0 saturated heterocycles. The Bertz CT molecular complexity index is 611. The number of aryl methyl sites for hydroxylation is 1. The topological polar surface area (TPSA) is 52.3 Å². The van der Waals surface area contributed by atoms with E-state index in [1.165, 1.54) is 6.07 Å². The molecule has 98 valence electrons. The summed E-state index contributed by atoms with van der Waals surface area (Å²) in [7, 11) is 0. The molecule has 0 aliphatic heterocycles. The van der Waals surface area contributed by atoms with Crippen molar-refractivity contribution in [3.8, 4) is 5.75 Å². The minimum Gasteiger partial charge on any atom is -0.489 e. The van der Waals surface area contributed by atoms with Gasteiger partial charge < -0.3 is 10.5 Å². The predicted octanol–water partition coefficient (Wildman–Crippen LogP) is 2.81. The van der Waals surface area contributed by atoms with Crippen molar-refractivity contribution in [2.45, 2.75) is 13.5 Å². The van der Waals surface area contributed by atoms with E-state index in [4.69, 9.17) is 10.5 Å². The molecule has 3 nitrogen and oxygen atoms in total. The minimum absolute atomic E-state index is 0.254. The van der Waals surface area contributed by atoms with E-state index in [0.717, 1.165) is 5.56 Å². The first-order valence-corrected chi connectivity index (χ1v) is 5.84. The van der Waals surface area contributed by atoms with Crippen LogP contribution < -0.4 is 10.5 Å². The molecule has 4 heteroatoms. The van der Waals surface area contributed by atoms with Gasteiger partial charge in [-0.05, 0) is 36.2 Å². The Kier molecular flexibility index (Phi) is 3.80. The molecule has 2 rings (SSSR count). The fourth-order valence-electron chi connectivity index (χ4n) is 1.64. The normalized spacial score (nSPS) is 10.2. The molecular formula is C15H14FNO2. The summed E-state index contributed by atoms with van der Waals surface area (Å²) in [6, 6.07) is 11.5. The molecule has 0 atom stereocenters. The number of primary amides is 1. The van der Waals surface area contributed by atoms with Crippen LogP contribution in [0.15, 0.2) is 42.5 Å². The molecule has 1 amide bonds. The van der Waals surface area contributed by atoms with Gasteiger partial charge in [-0.3, -0.25) is 4.79 Å². The van der Waals surface area contributed by atoms with E-state index < -0.39 is 5.91 Å². The zero-order valence-corrected chi connectivity index (χ0v) is 10.5. The van der Waals surface area contributed by atoms with Gasteiger partial charge >= 0.3 is 0 Å². The van der Waals surface area contributed by atoms with Crippen LogP contribution in [0.25, 0.3) is 0 Å². The van der Waals surface area contributed by atoms with Crippen LogP contribution in [0.1, 0.15) is 21.5 Å². The summed E-state index contributed by atoms with van der Waals surface area (Å²) in [5.74, 6) is -0.334. The molecule has 0 saturated carbocycles. The molecule has 0 heterocycles. The summed E-state index contributed by atoms with van der Waals surface area (Å²) >= 11 is 0. The summed E-state index contributed by atoms with van der Waals surface area (Å²) in [4.78, 5) is 11.0. The smallest absolute Gasteiger partial charge is 0.248 e. The van der Waals surface area contributed by atoms with Crippen LogP contribution in [0.3, 0.4) is 0 Å². The van der Waals surface area contributed by atoms with Crippen molar-refractivity contribution >= 4 is 5.91 Å². The Hall–Kier alpha value is -2.36. The first-order valence-electron chi connectivity index (χ1n) is 5.84. The van der Waals surface area contributed by atoms with Crippen LogP contribution in [-0.4, -0.2) is 5.91 Å². The van der Waals surface area contributed by atoms with Crippen molar-refractivity contribution in [3.63, 3.8) is 0 Å². The van der Waals surface area contributed by atoms with Gasteiger partial charge in [0.1, 0.15) is 18.2 Å². The highest BCUT2D eigenvalue weighted by atomic mass is 19.1. The molecular weight excluding hydrogens is 245 g/mol. The van der Waals surface area contributed by atoms with E-state index in [-0.39, 0.29) is 12.4 Å². The van der Waals surface area contributed by atoms with E-state index in [0.29, 0.717) is 16.9 Å². The Morgan fingerprint density at radius 3 is 2.74 bits per heavy atom. The predicted molar refractivity (Wildman–Crippen MR) is 70.4 cm³/mol. The summed E-state index contributed by atoms with van der Waals surface area (Å²) < 4.78 is 18.8. The van der Waals surface area contributed by atoms with Gasteiger partial charge in [-0.25, -0.2) is 4.39 Å². The lowest BCUT2D eigenvalue weighted by Gasteiger charge is -2.08. The third-order valence-electron chi connectivity index (χ3n) is 2.76. The molecule has 0 spiro atoms. The number of carbonyl (C=O) groups is 1. The van der Waals surface area contributed by atoms with Gasteiger partial charge in [-0.2, -0.15) is 0 Å². The molecule has 0 aromatic heterocycles. The Morgan fingerprint density at radius 2 is 2.05 bits per heavy atom. The van der Waals surface area contributed by atoms with E-state index in [1.54, 1.807) is 37.3 Å². The fraction of sp³-hybridized carbons (Fsp3) is 0.133. The van der Waals surface area contributed by atoms with Crippen LogP contribution >= 0.6 is 0 Å². The van der Waals surface area contributed by atoms with Crippen molar-refractivity contribution < 1.29 is 13.9 Å². The molecule has 0 bridgehead atoms. The highest BCUT2D eigenvalue weighted by molar-refractivity contribution is 5.92. The fourth-order valence-corrected chi connectivity index (χ4v) is 1.64. The molecule has 0 unspecified atom stereocenters. The molecule has 2 N–H and O–H groups in total. The van der Waals surface area contributed by atoms with E-state index in [1.807, 2.05) is 6.07 Å². The zero-order chi connectivity index (χ0) is 13.8. The number of hydrogen-bond acceptors (Lipinski definition) is 2. The molecule has 2 aromatic rings. The number of hydrogen-bond donors (Lipinski definition) is 1. The summed E-state index contributed by atoms with van der Waals surface area (Å²) in [5.41, 5.74) is 7.00. The maximum Gasteiger partial charge on any atom is 0.248 e. The van der Waals surface area contributed by atoms with E-state index in [9.17, 15) is 9.18 Å². The highest BCUT2D eigenvalue weighted by Gasteiger charge is 2.03. The second-order valence-corrected chi connectivity index (χ2v) is 4.26. The SMILES string of the molecule is Cc1ccc(OCc2cccc(C(N)=O)c2)cc1F. The van der Waals surface area contributed by atoms with Crippen LogP contribution in [0.2, 0.25) is 0 Å². The molecule has 0 radical (unpaired) electrons. The maximum atomic E-state index is 13.3. The number of rotatable bonds is 4. The third kappa shape index (κ3) is 3.31. The standard InChI is InChI=1S/C15H14FNO2/c1-10-5-6-13(8-14(10)16)19-9-11-3-2-4-12(7-11)15(17)18/h2-8H,9H2,1H3,(H2,17,18).